The fraction of sp³-hybridized carbons (Fsp3) is 0.146. The van der Waals surface area contributed by atoms with Crippen molar-refractivity contribution >= 4 is 50.8 Å². The number of pyridine rings is 2. The van der Waals surface area contributed by atoms with Crippen LogP contribution in [0.2, 0.25) is 17.3 Å². The molecule has 0 spiro atoms. The van der Waals surface area contributed by atoms with E-state index in [1.54, 1.807) is 0 Å². The summed E-state index contributed by atoms with van der Waals surface area (Å²) in [5.74, 6) is 7.93. The Morgan fingerprint density at radius 1 is 0.655 bits per heavy atom. The number of furan rings is 1. The maximum Gasteiger partial charge on any atom is 0 e. The first-order chi connectivity index (χ1) is 26.0. The monoisotopic (exact) mass is 957 g/mol. The molecule has 4 aromatic heterocycles. The molecule has 7 heteroatoms. The summed E-state index contributed by atoms with van der Waals surface area (Å²) in [5.41, 5.74) is 10.6. The van der Waals surface area contributed by atoms with Crippen LogP contribution < -0.4 is 4.40 Å². The van der Waals surface area contributed by atoms with E-state index in [2.05, 4.69) is 126 Å². The topological polar surface area (TPSA) is 56.7 Å². The first kappa shape index (κ1) is 38.1. The van der Waals surface area contributed by atoms with Gasteiger partial charge in [0, 0.05) is 36.7 Å². The first-order valence-electron chi connectivity index (χ1n) is 18.4. The van der Waals surface area contributed by atoms with Crippen LogP contribution in [0.3, 0.4) is 0 Å². The van der Waals surface area contributed by atoms with Crippen molar-refractivity contribution in [2.45, 2.75) is 43.5 Å². The van der Waals surface area contributed by atoms with Crippen molar-refractivity contribution in [3.8, 4) is 39.6 Å². The van der Waals surface area contributed by atoms with Gasteiger partial charge in [0.2, 0.25) is 5.71 Å². The fourth-order valence-electron chi connectivity index (χ4n) is 6.67. The van der Waals surface area contributed by atoms with Gasteiger partial charge in [-0.3, -0.25) is 4.98 Å². The van der Waals surface area contributed by atoms with Gasteiger partial charge in [-0.2, -0.15) is 0 Å². The number of hydrogen-bond donors (Lipinski definition) is 0. The Bertz CT molecular complexity index is 2710. The van der Waals surface area contributed by atoms with Crippen molar-refractivity contribution in [3.05, 3.63) is 163 Å². The molecule has 0 saturated heterocycles. The van der Waals surface area contributed by atoms with Gasteiger partial charge in [0.1, 0.15) is 0 Å². The molecular weight excluding hydrogens is 913 g/mol. The second-order valence-electron chi connectivity index (χ2n) is 15.6. The van der Waals surface area contributed by atoms with Gasteiger partial charge < -0.3 is 8.98 Å². The largest absolute Gasteiger partial charge is 0 e. The molecule has 5 aromatic carbocycles. The molecule has 55 heavy (non-hydrogen) atoms. The summed E-state index contributed by atoms with van der Waals surface area (Å²) in [6.45, 7) is 6.69. The smallest absolute Gasteiger partial charge is 0 e. The van der Waals surface area contributed by atoms with Gasteiger partial charge >= 0.3 is 99.8 Å². The fourth-order valence-corrected chi connectivity index (χ4v) is 8.84. The number of imidazole rings is 1. The molecule has 0 aliphatic carbocycles. The minimum absolute atomic E-state index is 0. The van der Waals surface area contributed by atoms with Gasteiger partial charge in [0.05, 0.1) is 28.1 Å². The standard InChI is InChI=1S/C34H26N3O.C14H16GeN.Ir/c1-34(2,3)23-16-18-24(19-17-23)37-30-15-8-7-14-29(30)35-32(37)27-13-9-12-25-26-20-21-28(22-10-5-4-6-11-22)36-33(26)38-31(25)27;1-15(2,3)13-9-10-14(16-11-13)12-7-5-4-6-8-12;/h4-12,14-21H,1-3H3;4-7,9-11H,1-3H3;/q2*-1;. The zero-order valence-electron chi connectivity index (χ0n) is 31.9. The van der Waals surface area contributed by atoms with Crippen molar-refractivity contribution in [2.75, 3.05) is 0 Å². The van der Waals surface area contributed by atoms with Gasteiger partial charge in [0.15, 0.2) is 0 Å². The predicted molar refractivity (Wildman–Crippen MR) is 226 cm³/mol. The van der Waals surface area contributed by atoms with E-state index in [9.17, 15) is 0 Å². The third-order valence-corrected chi connectivity index (χ3v) is 14.0. The van der Waals surface area contributed by atoms with E-state index in [0.717, 1.165) is 67.0 Å². The van der Waals surface area contributed by atoms with E-state index in [-0.39, 0.29) is 25.5 Å². The molecule has 0 unspecified atom stereocenters. The van der Waals surface area contributed by atoms with Crippen LogP contribution in [-0.4, -0.2) is 32.8 Å². The molecule has 9 aromatic rings. The van der Waals surface area contributed by atoms with Crippen LogP contribution in [0.15, 0.2) is 150 Å². The maximum atomic E-state index is 6.46. The number of fused-ring (bicyclic) bond motifs is 4. The van der Waals surface area contributed by atoms with Crippen molar-refractivity contribution < 1.29 is 24.5 Å². The second kappa shape index (κ2) is 15.5. The Labute approximate surface area is 339 Å². The Hall–Kier alpha value is -5.14. The third-order valence-electron chi connectivity index (χ3n) is 9.76. The molecule has 1 radical (unpaired) electrons. The van der Waals surface area contributed by atoms with E-state index >= 15 is 0 Å². The molecular formula is C48H42GeIrN4O-2. The Balaban J connectivity index is 0.000000231. The molecule has 0 bridgehead atoms. The van der Waals surface area contributed by atoms with Gasteiger partial charge in [-0.25, -0.2) is 4.98 Å². The first-order valence-corrected chi connectivity index (χ1v) is 25.7. The molecule has 0 fully saturated rings. The number of nitrogens with zero attached hydrogens (tertiary/aromatic N) is 4. The van der Waals surface area contributed by atoms with Gasteiger partial charge in [0.25, 0.3) is 0 Å². The molecule has 0 atom stereocenters. The summed E-state index contributed by atoms with van der Waals surface area (Å²) in [4.78, 5) is 14.5. The van der Waals surface area contributed by atoms with Crippen LogP contribution in [0.25, 0.3) is 72.7 Å². The molecule has 0 aliphatic rings. The summed E-state index contributed by atoms with van der Waals surface area (Å²) in [6.07, 6.45) is 2.04. The number of hydrogen-bond acceptors (Lipinski definition) is 4. The summed E-state index contributed by atoms with van der Waals surface area (Å²) in [5, 5.41) is 1.98. The molecule has 0 aliphatic heterocycles. The van der Waals surface area contributed by atoms with E-state index < -0.39 is 13.3 Å². The second-order valence-corrected chi connectivity index (χ2v) is 26.3. The molecule has 0 amide bonds. The van der Waals surface area contributed by atoms with Crippen molar-refractivity contribution in [2.24, 2.45) is 0 Å². The van der Waals surface area contributed by atoms with Crippen LogP contribution >= 0.6 is 0 Å². The van der Waals surface area contributed by atoms with Crippen molar-refractivity contribution in [1.29, 1.82) is 0 Å². The van der Waals surface area contributed by atoms with Gasteiger partial charge in [-0.15, -0.1) is 18.2 Å². The Kier molecular flexibility index (Phi) is 10.8. The van der Waals surface area contributed by atoms with Gasteiger partial charge in [-0.1, -0.05) is 86.3 Å². The molecule has 275 valence electrons. The van der Waals surface area contributed by atoms with Crippen LogP contribution in [0, 0.1) is 12.1 Å². The Morgan fingerprint density at radius 3 is 2.07 bits per heavy atom. The summed E-state index contributed by atoms with van der Waals surface area (Å²) in [6, 6.07) is 54.2. The normalized spacial score (nSPS) is 11.7. The summed E-state index contributed by atoms with van der Waals surface area (Å²) in [7, 11) is 0. The number of aromatic nitrogens is 4. The molecule has 0 N–H and O–H groups in total. The van der Waals surface area contributed by atoms with E-state index in [1.807, 2.05) is 79.0 Å². The number of rotatable bonds is 5. The maximum absolute atomic E-state index is 6.46. The van der Waals surface area contributed by atoms with Crippen LogP contribution in [0.4, 0.5) is 0 Å². The molecule has 9 rings (SSSR count). The minimum atomic E-state index is -1.72. The van der Waals surface area contributed by atoms with E-state index in [4.69, 9.17) is 14.4 Å². The quantitative estimate of drug-likeness (QED) is 0.127. The number of para-hydroxylation sites is 2. The molecule has 4 heterocycles. The Morgan fingerprint density at radius 2 is 1.38 bits per heavy atom. The third kappa shape index (κ3) is 7.86. The average Bonchev–Trinajstić information content (AvgIpc) is 3.77. The molecule has 5 nitrogen and oxygen atoms in total. The summed E-state index contributed by atoms with van der Waals surface area (Å²) >= 11 is -1.72. The summed E-state index contributed by atoms with van der Waals surface area (Å²) < 4.78 is 10.1. The van der Waals surface area contributed by atoms with Crippen molar-refractivity contribution in [1.82, 2.24) is 19.5 Å². The van der Waals surface area contributed by atoms with Crippen LogP contribution in [0.1, 0.15) is 26.3 Å². The zero-order chi connectivity index (χ0) is 37.5. The molecule has 0 saturated carbocycles. The predicted octanol–water partition coefficient (Wildman–Crippen LogP) is 11.8. The number of benzene rings is 5. The van der Waals surface area contributed by atoms with E-state index in [0.29, 0.717) is 5.71 Å². The van der Waals surface area contributed by atoms with Crippen molar-refractivity contribution in [3.63, 3.8) is 0 Å². The average molecular weight is 956 g/mol. The zero-order valence-corrected chi connectivity index (χ0v) is 36.4. The van der Waals surface area contributed by atoms with Crippen LogP contribution in [0.5, 0.6) is 0 Å². The minimum Gasteiger partial charge on any atom is 0 e. The SMILES string of the molecule is CC(C)(C)c1ccc(-n2c(-c3[c-]ccc4c3oc3nc(-c5ccccc5)ccc34)nc3ccccc32)cc1.[CH3][Ge]([CH3])([CH3])[c]1ccc(-c2[c-]cccc2)nc1.[Ir]. The van der Waals surface area contributed by atoms with Gasteiger partial charge in [-0.05, 0) is 47.4 Å². The van der Waals surface area contributed by atoms with E-state index in [1.165, 1.54) is 9.96 Å². The van der Waals surface area contributed by atoms with Crippen LogP contribution in [-0.2, 0) is 25.5 Å².